The Morgan fingerprint density at radius 1 is 1.19 bits per heavy atom. The van der Waals surface area contributed by atoms with Gasteiger partial charge in [-0.1, -0.05) is 0 Å². The first-order valence-electron chi connectivity index (χ1n) is 8.76. The largest absolute Gasteiger partial charge is 0.497 e. The summed E-state index contributed by atoms with van der Waals surface area (Å²) in [6.07, 6.45) is 0.410. The van der Waals surface area contributed by atoms with Gasteiger partial charge in [0.1, 0.15) is 5.75 Å². The molecule has 7 heteroatoms. The van der Waals surface area contributed by atoms with Crippen molar-refractivity contribution >= 4 is 17.5 Å². The Labute approximate surface area is 156 Å². The molecule has 0 spiro atoms. The SMILES string of the molecule is COc1ccc(N2CC(CNC(=O)c3ccc4c(c3)OCO4)CC2=O)cc1. The molecule has 0 aliphatic carbocycles. The molecule has 0 aromatic heterocycles. The number of anilines is 1. The molecule has 2 amide bonds. The van der Waals surface area contributed by atoms with Crippen molar-refractivity contribution in [1.82, 2.24) is 5.32 Å². The third kappa shape index (κ3) is 3.53. The van der Waals surface area contributed by atoms with Crippen molar-refractivity contribution in [2.45, 2.75) is 6.42 Å². The monoisotopic (exact) mass is 368 g/mol. The summed E-state index contributed by atoms with van der Waals surface area (Å²) in [5.41, 5.74) is 1.35. The molecule has 1 fully saturated rings. The van der Waals surface area contributed by atoms with Crippen LogP contribution >= 0.6 is 0 Å². The van der Waals surface area contributed by atoms with Gasteiger partial charge in [0, 0.05) is 36.7 Å². The van der Waals surface area contributed by atoms with E-state index in [4.69, 9.17) is 14.2 Å². The molecule has 7 nitrogen and oxygen atoms in total. The highest BCUT2D eigenvalue weighted by Gasteiger charge is 2.31. The van der Waals surface area contributed by atoms with Crippen LogP contribution in [0.15, 0.2) is 42.5 Å². The van der Waals surface area contributed by atoms with Crippen molar-refractivity contribution < 1.29 is 23.8 Å². The topological polar surface area (TPSA) is 77.1 Å². The highest BCUT2D eigenvalue weighted by atomic mass is 16.7. The lowest BCUT2D eigenvalue weighted by Gasteiger charge is -2.17. The molecule has 1 N–H and O–H groups in total. The summed E-state index contributed by atoms with van der Waals surface area (Å²) >= 11 is 0. The van der Waals surface area contributed by atoms with E-state index in [9.17, 15) is 9.59 Å². The number of hydrogen-bond acceptors (Lipinski definition) is 5. The van der Waals surface area contributed by atoms with Crippen LogP contribution < -0.4 is 24.4 Å². The Hall–Kier alpha value is -3.22. The van der Waals surface area contributed by atoms with Crippen molar-refractivity contribution in [2.24, 2.45) is 5.92 Å². The third-order valence-corrected chi connectivity index (χ3v) is 4.78. The second-order valence-corrected chi connectivity index (χ2v) is 6.55. The third-order valence-electron chi connectivity index (χ3n) is 4.78. The van der Waals surface area contributed by atoms with Gasteiger partial charge < -0.3 is 24.4 Å². The molecule has 0 bridgehead atoms. The van der Waals surface area contributed by atoms with Crippen LogP contribution in [0.1, 0.15) is 16.8 Å². The Balaban J connectivity index is 1.35. The maximum Gasteiger partial charge on any atom is 0.251 e. The van der Waals surface area contributed by atoms with E-state index in [-0.39, 0.29) is 24.5 Å². The second-order valence-electron chi connectivity index (χ2n) is 6.55. The molecular formula is C20H20N2O5. The van der Waals surface area contributed by atoms with Crippen molar-refractivity contribution in [3.8, 4) is 17.2 Å². The zero-order valence-electron chi connectivity index (χ0n) is 14.9. The summed E-state index contributed by atoms with van der Waals surface area (Å²) in [6, 6.07) is 12.5. The molecule has 2 heterocycles. The lowest BCUT2D eigenvalue weighted by atomic mass is 10.1. The van der Waals surface area contributed by atoms with Crippen molar-refractivity contribution in [2.75, 3.05) is 31.9 Å². The first kappa shape index (κ1) is 17.2. The number of carbonyl (C=O) groups is 2. The molecule has 2 aliphatic rings. The molecule has 140 valence electrons. The summed E-state index contributed by atoms with van der Waals surface area (Å²) in [4.78, 5) is 26.5. The van der Waals surface area contributed by atoms with E-state index < -0.39 is 0 Å². The van der Waals surface area contributed by atoms with E-state index in [1.54, 1.807) is 30.2 Å². The quantitative estimate of drug-likeness (QED) is 0.876. The van der Waals surface area contributed by atoms with Crippen LogP contribution in [-0.4, -0.2) is 38.8 Å². The van der Waals surface area contributed by atoms with Crippen LogP contribution in [0.5, 0.6) is 17.2 Å². The number of nitrogens with zero attached hydrogens (tertiary/aromatic N) is 1. The molecular weight excluding hydrogens is 348 g/mol. The van der Waals surface area contributed by atoms with Gasteiger partial charge >= 0.3 is 0 Å². The molecule has 0 saturated carbocycles. The fraction of sp³-hybridized carbons (Fsp3) is 0.300. The number of carbonyl (C=O) groups excluding carboxylic acids is 2. The fourth-order valence-electron chi connectivity index (χ4n) is 3.31. The fourth-order valence-corrected chi connectivity index (χ4v) is 3.31. The smallest absolute Gasteiger partial charge is 0.251 e. The summed E-state index contributed by atoms with van der Waals surface area (Å²) in [5, 5.41) is 2.91. The van der Waals surface area contributed by atoms with Crippen molar-refractivity contribution in [3.05, 3.63) is 48.0 Å². The van der Waals surface area contributed by atoms with Crippen molar-refractivity contribution in [1.29, 1.82) is 0 Å². The number of ether oxygens (including phenoxy) is 3. The van der Waals surface area contributed by atoms with E-state index in [1.807, 2.05) is 24.3 Å². The zero-order valence-corrected chi connectivity index (χ0v) is 14.9. The number of nitrogens with one attached hydrogen (secondary N) is 1. The number of methoxy groups -OCH3 is 1. The number of fused-ring (bicyclic) bond motifs is 1. The molecule has 1 saturated heterocycles. The maximum atomic E-state index is 12.4. The van der Waals surface area contributed by atoms with Crippen LogP contribution in [0.25, 0.3) is 0 Å². The van der Waals surface area contributed by atoms with Crippen molar-refractivity contribution in [3.63, 3.8) is 0 Å². The molecule has 27 heavy (non-hydrogen) atoms. The minimum Gasteiger partial charge on any atom is -0.497 e. The maximum absolute atomic E-state index is 12.4. The molecule has 0 radical (unpaired) electrons. The normalized spacial score (nSPS) is 17.9. The molecule has 2 aromatic carbocycles. The molecule has 1 unspecified atom stereocenters. The summed E-state index contributed by atoms with van der Waals surface area (Å²) in [6.45, 7) is 1.18. The summed E-state index contributed by atoms with van der Waals surface area (Å²) in [5.74, 6) is 1.90. The molecule has 1 atom stereocenters. The Kier molecular flexibility index (Phi) is 4.58. The van der Waals surface area contributed by atoms with Crippen LogP contribution in [-0.2, 0) is 4.79 Å². The van der Waals surface area contributed by atoms with E-state index in [0.29, 0.717) is 36.6 Å². The Morgan fingerprint density at radius 2 is 1.96 bits per heavy atom. The Morgan fingerprint density at radius 3 is 2.74 bits per heavy atom. The van der Waals surface area contributed by atoms with Gasteiger partial charge in [-0.05, 0) is 42.5 Å². The van der Waals surface area contributed by atoms with E-state index in [1.165, 1.54) is 0 Å². The predicted octanol–water partition coefficient (Wildman–Crippen LogP) is 2.21. The highest BCUT2D eigenvalue weighted by Crippen LogP contribution is 2.32. The molecule has 2 aromatic rings. The zero-order chi connectivity index (χ0) is 18.8. The van der Waals surface area contributed by atoms with Crippen LogP contribution in [0.2, 0.25) is 0 Å². The predicted molar refractivity (Wildman–Crippen MR) is 98.4 cm³/mol. The van der Waals surface area contributed by atoms with E-state index >= 15 is 0 Å². The average Bonchev–Trinajstić information content (AvgIpc) is 3.31. The minimum atomic E-state index is -0.191. The standard InChI is InChI=1S/C20H20N2O5/c1-25-16-5-3-15(4-6-16)22-11-13(8-19(22)23)10-21-20(24)14-2-7-17-18(9-14)27-12-26-17/h2-7,9,13H,8,10-12H2,1H3,(H,21,24). The molecule has 2 aliphatic heterocycles. The number of amides is 2. The van der Waals surface area contributed by atoms with Crippen LogP contribution in [0, 0.1) is 5.92 Å². The number of hydrogen-bond donors (Lipinski definition) is 1. The lowest BCUT2D eigenvalue weighted by molar-refractivity contribution is -0.117. The van der Waals surface area contributed by atoms with E-state index in [2.05, 4.69) is 5.32 Å². The number of benzene rings is 2. The van der Waals surface area contributed by atoms with Gasteiger partial charge in [-0.2, -0.15) is 0 Å². The average molecular weight is 368 g/mol. The van der Waals surface area contributed by atoms with Crippen LogP contribution in [0.3, 0.4) is 0 Å². The number of rotatable bonds is 5. The van der Waals surface area contributed by atoms with Gasteiger partial charge in [-0.3, -0.25) is 9.59 Å². The van der Waals surface area contributed by atoms with E-state index in [0.717, 1.165) is 11.4 Å². The van der Waals surface area contributed by atoms with Crippen LogP contribution in [0.4, 0.5) is 5.69 Å². The van der Waals surface area contributed by atoms with Gasteiger partial charge in [0.05, 0.1) is 7.11 Å². The first-order valence-corrected chi connectivity index (χ1v) is 8.76. The van der Waals surface area contributed by atoms with Gasteiger partial charge in [-0.15, -0.1) is 0 Å². The van der Waals surface area contributed by atoms with Gasteiger partial charge in [0.25, 0.3) is 5.91 Å². The van der Waals surface area contributed by atoms with Gasteiger partial charge in [0.2, 0.25) is 12.7 Å². The van der Waals surface area contributed by atoms with Gasteiger partial charge in [0.15, 0.2) is 11.5 Å². The highest BCUT2D eigenvalue weighted by molar-refractivity contribution is 5.96. The summed E-state index contributed by atoms with van der Waals surface area (Å²) < 4.78 is 15.7. The van der Waals surface area contributed by atoms with Gasteiger partial charge in [-0.25, -0.2) is 0 Å². The summed E-state index contributed by atoms with van der Waals surface area (Å²) in [7, 11) is 1.61. The molecule has 4 rings (SSSR count). The second kappa shape index (κ2) is 7.19. The minimum absolute atomic E-state index is 0.0579. The lowest BCUT2D eigenvalue weighted by Crippen LogP contribution is -2.31. The Bertz CT molecular complexity index is 865. The first-order chi connectivity index (χ1) is 13.1.